The molecule has 0 saturated carbocycles. The molecule has 2 heterocycles. The van der Waals surface area contributed by atoms with E-state index in [-0.39, 0.29) is 6.61 Å². The number of methoxy groups -OCH3 is 1. The Bertz CT molecular complexity index is 1620. The molecule has 0 aliphatic carbocycles. The zero-order valence-electron chi connectivity index (χ0n) is 19.6. The van der Waals surface area contributed by atoms with Gasteiger partial charge in [-0.05, 0) is 60.7 Å². The van der Waals surface area contributed by atoms with E-state index in [0.29, 0.717) is 55.9 Å². The second-order valence-electron chi connectivity index (χ2n) is 8.28. The van der Waals surface area contributed by atoms with Crippen LogP contribution in [0.15, 0.2) is 72.8 Å². The van der Waals surface area contributed by atoms with Gasteiger partial charge in [-0.1, -0.05) is 35.3 Å². The van der Waals surface area contributed by atoms with Gasteiger partial charge in [-0.15, -0.1) is 0 Å². The van der Waals surface area contributed by atoms with Crippen molar-refractivity contribution in [2.75, 3.05) is 7.11 Å². The molecule has 0 aliphatic rings. The second kappa shape index (κ2) is 10.6. The largest absolute Gasteiger partial charge is 0.489 e. The molecule has 0 saturated heterocycles. The third-order valence-electron chi connectivity index (χ3n) is 5.74. The highest BCUT2D eigenvalue weighted by Gasteiger charge is 2.13. The Morgan fingerprint density at radius 2 is 1.76 bits per heavy atom. The summed E-state index contributed by atoms with van der Waals surface area (Å²) >= 11 is 12.1. The van der Waals surface area contributed by atoms with Gasteiger partial charge < -0.3 is 14.5 Å². The molecule has 0 aliphatic heterocycles. The van der Waals surface area contributed by atoms with Crippen LogP contribution in [0.3, 0.4) is 0 Å². The maximum Gasteiger partial charge on any atom is 0.337 e. The van der Waals surface area contributed by atoms with Gasteiger partial charge in [-0.25, -0.2) is 19.2 Å². The van der Waals surface area contributed by atoms with Crippen molar-refractivity contribution < 1.29 is 18.7 Å². The number of nitrogens with one attached hydrogen (secondary N) is 1. The quantitative estimate of drug-likeness (QED) is 0.226. The van der Waals surface area contributed by atoms with E-state index in [1.165, 1.54) is 13.2 Å². The van der Waals surface area contributed by atoms with E-state index >= 15 is 0 Å². The second-order valence-corrected chi connectivity index (χ2v) is 9.15. The highest BCUT2D eigenvalue weighted by atomic mass is 35.5. The molecule has 3 aromatic carbocycles. The lowest BCUT2D eigenvalue weighted by molar-refractivity contribution is 0.0601. The number of fused-ring (bicyclic) bond motifs is 1. The predicted molar refractivity (Wildman–Crippen MR) is 141 cm³/mol. The fourth-order valence-electron chi connectivity index (χ4n) is 3.90. The van der Waals surface area contributed by atoms with Gasteiger partial charge in [0.25, 0.3) is 0 Å². The minimum atomic E-state index is -0.429. The summed E-state index contributed by atoms with van der Waals surface area (Å²) in [4.78, 5) is 24.4. The lowest BCUT2D eigenvalue weighted by Crippen LogP contribution is -2.02. The predicted octanol–water partition coefficient (Wildman–Crippen LogP) is 7.03. The lowest BCUT2D eigenvalue weighted by Gasteiger charge is -2.13. The maximum atomic E-state index is 14.2. The van der Waals surface area contributed by atoms with E-state index in [2.05, 4.69) is 9.97 Å². The molecule has 6 nitrogen and oxygen atoms in total. The van der Waals surface area contributed by atoms with E-state index in [0.717, 1.165) is 11.3 Å². The molecule has 0 atom stereocenters. The first-order chi connectivity index (χ1) is 17.9. The Balaban J connectivity index is 1.39. The van der Waals surface area contributed by atoms with Gasteiger partial charge in [0.15, 0.2) is 5.82 Å². The molecular formula is C28H20Cl2FN3O3. The number of halogens is 3. The van der Waals surface area contributed by atoms with Crippen LogP contribution >= 0.6 is 23.2 Å². The van der Waals surface area contributed by atoms with E-state index in [1.54, 1.807) is 48.5 Å². The molecule has 5 rings (SSSR count). The van der Waals surface area contributed by atoms with Gasteiger partial charge in [-0.2, -0.15) is 0 Å². The third-order valence-corrected chi connectivity index (χ3v) is 6.21. The van der Waals surface area contributed by atoms with Crippen molar-refractivity contribution in [3.05, 3.63) is 111 Å². The number of hydrogen-bond donors (Lipinski definition) is 1. The molecule has 0 unspecified atom stereocenters. The van der Waals surface area contributed by atoms with Gasteiger partial charge in [0.1, 0.15) is 23.9 Å². The zero-order valence-corrected chi connectivity index (χ0v) is 21.1. The molecule has 0 fully saturated rings. The summed E-state index contributed by atoms with van der Waals surface area (Å²) in [7, 11) is 1.34. The fourth-order valence-corrected chi connectivity index (χ4v) is 4.26. The summed E-state index contributed by atoms with van der Waals surface area (Å²) in [6, 6.07) is 20.5. The molecule has 0 radical (unpaired) electrons. The van der Waals surface area contributed by atoms with Crippen LogP contribution in [0.2, 0.25) is 10.0 Å². The monoisotopic (exact) mass is 535 g/mol. The number of carbonyl (C=O) groups excluding carboxylic acids is 1. The minimum absolute atomic E-state index is 0.0393. The summed E-state index contributed by atoms with van der Waals surface area (Å²) in [5, 5.41) is 0.877. The van der Waals surface area contributed by atoms with Crippen molar-refractivity contribution in [1.29, 1.82) is 0 Å². The molecule has 1 N–H and O–H groups in total. The molecule has 5 aromatic rings. The normalized spacial score (nSPS) is 11.0. The number of esters is 1. The van der Waals surface area contributed by atoms with Crippen molar-refractivity contribution in [2.24, 2.45) is 0 Å². The molecule has 0 amide bonds. The van der Waals surface area contributed by atoms with Crippen molar-refractivity contribution >= 4 is 40.2 Å². The van der Waals surface area contributed by atoms with Crippen molar-refractivity contribution in [3.63, 3.8) is 0 Å². The molecule has 37 heavy (non-hydrogen) atoms. The van der Waals surface area contributed by atoms with Crippen LogP contribution in [0, 0.1) is 5.82 Å². The number of carbonyl (C=O) groups is 1. The van der Waals surface area contributed by atoms with E-state index in [9.17, 15) is 9.18 Å². The number of pyridine rings is 1. The standard InChI is InChI=1S/C28H20Cl2FN3O3/c1-36-28(35)16-6-9-23-25(13-16)34-27(33-23)24-4-2-3-21(32-24)12-18-11-19(29)8-10-26(18)37-15-17-5-7-20(30)14-22(17)31/h2-11,13-14H,12,15H2,1H3,(H,33,34). The third kappa shape index (κ3) is 5.58. The first-order valence-electron chi connectivity index (χ1n) is 11.3. The first kappa shape index (κ1) is 24.7. The lowest BCUT2D eigenvalue weighted by atomic mass is 10.1. The van der Waals surface area contributed by atoms with Crippen LogP contribution in [-0.2, 0) is 17.8 Å². The highest BCUT2D eigenvalue weighted by Crippen LogP contribution is 2.28. The molecule has 0 bridgehead atoms. The van der Waals surface area contributed by atoms with Crippen LogP contribution in [0.1, 0.15) is 27.2 Å². The average molecular weight is 536 g/mol. The molecular weight excluding hydrogens is 516 g/mol. The number of benzene rings is 3. The maximum absolute atomic E-state index is 14.2. The summed E-state index contributed by atoms with van der Waals surface area (Å²) in [5.74, 6) is 0.295. The SMILES string of the molecule is COC(=O)c1ccc2nc(-c3cccc(Cc4cc(Cl)ccc4OCc4ccc(Cl)cc4F)n3)[nH]c2c1. The molecule has 186 valence electrons. The number of imidazole rings is 1. The van der Waals surface area contributed by atoms with Crippen LogP contribution in [0.25, 0.3) is 22.6 Å². The average Bonchev–Trinajstić information content (AvgIpc) is 3.32. The Morgan fingerprint density at radius 1 is 0.946 bits per heavy atom. The summed E-state index contributed by atoms with van der Waals surface area (Å²) in [6.07, 6.45) is 0.430. The zero-order chi connectivity index (χ0) is 25.9. The van der Waals surface area contributed by atoms with Gasteiger partial charge in [0, 0.05) is 33.3 Å². The Hall–Kier alpha value is -3.94. The van der Waals surface area contributed by atoms with Crippen LogP contribution in [-0.4, -0.2) is 28.0 Å². The topological polar surface area (TPSA) is 77.1 Å². The number of nitrogens with zero attached hydrogens (tertiary/aromatic N) is 2. The van der Waals surface area contributed by atoms with Crippen molar-refractivity contribution in [3.8, 4) is 17.3 Å². The van der Waals surface area contributed by atoms with Crippen LogP contribution in [0.4, 0.5) is 4.39 Å². The van der Waals surface area contributed by atoms with Crippen LogP contribution in [0.5, 0.6) is 5.75 Å². The number of aromatic nitrogens is 3. The fraction of sp³-hybridized carbons (Fsp3) is 0.107. The van der Waals surface area contributed by atoms with E-state index in [4.69, 9.17) is 37.7 Å². The Morgan fingerprint density at radius 3 is 2.57 bits per heavy atom. The molecule has 2 aromatic heterocycles. The van der Waals surface area contributed by atoms with Gasteiger partial charge >= 0.3 is 5.97 Å². The first-order valence-corrected chi connectivity index (χ1v) is 12.0. The van der Waals surface area contributed by atoms with E-state index in [1.807, 2.05) is 18.2 Å². The van der Waals surface area contributed by atoms with Gasteiger partial charge in [-0.3, -0.25) is 0 Å². The highest BCUT2D eigenvalue weighted by molar-refractivity contribution is 6.30. The van der Waals surface area contributed by atoms with Crippen LogP contribution < -0.4 is 4.74 Å². The number of H-pyrrole nitrogens is 1. The number of aromatic amines is 1. The summed E-state index contributed by atoms with van der Waals surface area (Å²) in [5.41, 5.74) is 4.43. The van der Waals surface area contributed by atoms with Crippen molar-refractivity contribution in [2.45, 2.75) is 13.0 Å². The van der Waals surface area contributed by atoms with Crippen molar-refractivity contribution in [1.82, 2.24) is 15.0 Å². The smallest absolute Gasteiger partial charge is 0.337 e. The molecule has 9 heteroatoms. The number of rotatable bonds is 7. The van der Waals surface area contributed by atoms with E-state index < -0.39 is 11.8 Å². The Kier molecular flexibility index (Phi) is 7.08. The summed E-state index contributed by atoms with van der Waals surface area (Å²) in [6.45, 7) is 0.0393. The van der Waals surface area contributed by atoms with Gasteiger partial charge in [0.05, 0.1) is 23.7 Å². The molecule has 0 spiro atoms. The van der Waals surface area contributed by atoms with Gasteiger partial charge in [0.2, 0.25) is 0 Å². The Labute approximate surface area is 222 Å². The number of ether oxygens (including phenoxy) is 2. The number of hydrogen-bond acceptors (Lipinski definition) is 5. The summed E-state index contributed by atoms with van der Waals surface area (Å²) < 4.78 is 24.9. The minimum Gasteiger partial charge on any atom is -0.489 e.